The fourth-order valence-electron chi connectivity index (χ4n) is 3.07. The molecule has 1 aromatic rings. The molecule has 29 heavy (non-hydrogen) atoms. The second kappa shape index (κ2) is 10.4. The summed E-state index contributed by atoms with van der Waals surface area (Å²) >= 11 is 0. The molecule has 0 saturated carbocycles. The number of likely N-dealkylation sites (tertiary alicyclic amines) is 1. The van der Waals surface area contributed by atoms with Crippen LogP contribution in [0.15, 0.2) is 18.2 Å². The Bertz CT molecular complexity index is 766. The number of carbonyl (C=O) groups is 3. The zero-order valence-corrected chi connectivity index (χ0v) is 16.8. The summed E-state index contributed by atoms with van der Waals surface area (Å²) in [5.41, 5.74) is 5.94. The number of benzene rings is 1. The quantitative estimate of drug-likeness (QED) is 0.505. The molecule has 158 valence electrons. The smallest absolute Gasteiger partial charge is 0.331 e. The van der Waals surface area contributed by atoms with Crippen molar-refractivity contribution < 1.29 is 33.3 Å². The van der Waals surface area contributed by atoms with Gasteiger partial charge in [-0.25, -0.2) is 4.79 Å². The van der Waals surface area contributed by atoms with Crippen LogP contribution in [0.4, 0.5) is 0 Å². The number of hydrogen-bond acceptors (Lipinski definition) is 7. The van der Waals surface area contributed by atoms with Crippen LogP contribution in [0.5, 0.6) is 17.2 Å². The average Bonchev–Trinajstić information content (AvgIpc) is 2.74. The van der Waals surface area contributed by atoms with E-state index in [0.29, 0.717) is 42.2 Å². The summed E-state index contributed by atoms with van der Waals surface area (Å²) in [5.74, 6) is -0.471. The largest absolute Gasteiger partial charge is 0.493 e. The lowest BCUT2D eigenvalue weighted by Gasteiger charge is -2.30. The molecule has 0 aromatic heterocycles. The number of esters is 1. The van der Waals surface area contributed by atoms with Gasteiger partial charge in [0.25, 0.3) is 5.91 Å². The monoisotopic (exact) mass is 406 g/mol. The van der Waals surface area contributed by atoms with Gasteiger partial charge < -0.3 is 29.6 Å². The van der Waals surface area contributed by atoms with E-state index in [-0.39, 0.29) is 18.4 Å². The number of methoxy groups -OCH3 is 3. The average molecular weight is 406 g/mol. The van der Waals surface area contributed by atoms with Crippen LogP contribution in [-0.2, 0) is 19.1 Å². The minimum absolute atomic E-state index is 0.257. The normalized spacial score (nSPS) is 16.4. The van der Waals surface area contributed by atoms with Gasteiger partial charge in [-0.1, -0.05) is 0 Å². The highest BCUT2D eigenvalue weighted by Gasteiger charge is 2.27. The third kappa shape index (κ3) is 5.87. The topological polar surface area (TPSA) is 117 Å². The first-order valence-corrected chi connectivity index (χ1v) is 9.11. The number of ether oxygens (including phenoxy) is 4. The van der Waals surface area contributed by atoms with Gasteiger partial charge in [0.05, 0.1) is 27.2 Å². The van der Waals surface area contributed by atoms with Crippen molar-refractivity contribution in [2.24, 2.45) is 11.7 Å². The standard InChI is InChI=1S/C20H26N2O7/c1-26-15-9-13(10-16(27-2)19(15)28-3)6-7-18(24)29-12-17(23)22-8-4-5-14(11-22)20(21)25/h6-7,9-10,14H,4-5,8,11-12H2,1-3H3,(H2,21,25)/b7-6+/t14-/m0/s1. The Morgan fingerprint density at radius 3 is 2.34 bits per heavy atom. The summed E-state index contributed by atoms with van der Waals surface area (Å²) in [5, 5.41) is 0. The lowest BCUT2D eigenvalue weighted by atomic mass is 9.97. The molecular formula is C20H26N2O7. The third-order valence-electron chi connectivity index (χ3n) is 4.61. The molecule has 9 nitrogen and oxygen atoms in total. The molecule has 9 heteroatoms. The maximum Gasteiger partial charge on any atom is 0.331 e. The highest BCUT2D eigenvalue weighted by molar-refractivity contribution is 5.89. The predicted octanol–water partition coefficient (Wildman–Crippen LogP) is 0.993. The Morgan fingerprint density at radius 2 is 1.79 bits per heavy atom. The first kappa shape index (κ1) is 22.1. The van der Waals surface area contributed by atoms with E-state index in [1.165, 1.54) is 38.4 Å². The Hall–Kier alpha value is -3.23. The maximum absolute atomic E-state index is 12.2. The van der Waals surface area contributed by atoms with Gasteiger partial charge in [0.15, 0.2) is 18.1 Å². The van der Waals surface area contributed by atoms with Crippen molar-refractivity contribution in [2.45, 2.75) is 12.8 Å². The molecule has 1 aliphatic heterocycles. The maximum atomic E-state index is 12.2. The highest BCUT2D eigenvalue weighted by atomic mass is 16.5. The second-order valence-electron chi connectivity index (χ2n) is 6.48. The molecule has 1 aromatic carbocycles. The number of primary amides is 1. The molecule has 1 fully saturated rings. The predicted molar refractivity (Wildman–Crippen MR) is 105 cm³/mol. The number of nitrogens with zero attached hydrogens (tertiary/aromatic N) is 1. The summed E-state index contributed by atoms with van der Waals surface area (Å²) in [6, 6.07) is 3.35. The molecule has 0 spiro atoms. The second-order valence-corrected chi connectivity index (χ2v) is 6.48. The Morgan fingerprint density at radius 1 is 1.14 bits per heavy atom. The van der Waals surface area contributed by atoms with Crippen LogP contribution < -0.4 is 19.9 Å². The van der Waals surface area contributed by atoms with Gasteiger partial charge >= 0.3 is 5.97 Å². The van der Waals surface area contributed by atoms with Crippen LogP contribution in [0.2, 0.25) is 0 Å². The van der Waals surface area contributed by atoms with E-state index in [1.807, 2.05) is 0 Å². The molecule has 2 rings (SSSR count). The molecule has 0 bridgehead atoms. The van der Waals surface area contributed by atoms with Gasteiger partial charge in [-0.3, -0.25) is 9.59 Å². The van der Waals surface area contributed by atoms with E-state index in [9.17, 15) is 14.4 Å². The molecule has 1 aliphatic rings. The van der Waals surface area contributed by atoms with Gasteiger partial charge in [0.1, 0.15) is 0 Å². The minimum Gasteiger partial charge on any atom is -0.493 e. The van der Waals surface area contributed by atoms with E-state index in [2.05, 4.69) is 0 Å². The van der Waals surface area contributed by atoms with Gasteiger partial charge in [-0.2, -0.15) is 0 Å². The number of piperidine rings is 1. The van der Waals surface area contributed by atoms with Crippen LogP contribution in [0.1, 0.15) is 18.4 Å². The van der Waals surface area contributed by atoms with Crippen LogP contribution in [0.3, 0.4) is 0 Å². The van der Waals surface area contributed by atoms with Crippen LogP contribution in [0, 0.1) is 5.92 Å². The Kier molecular flexibility index (Phi) is 7.88. The van der Waals surface area contributed by atoms with Crippen LogP contribution in [0.25, 0.3) is 6.08 Å². The van der Waals surface area contributed by atoms with Crippen molar-refractivity contribution in [1.29, 1.82) is 0 Å². The zero-order valence-electron chi connectivity index (χ0n) is 16.8. The number of hydrogen-bond donors (Lipinski definition) is 1. The Labute approximate surface area is 169 Å². The van der Waals surface area contributed by atoms with E-state index in [0.717, 1.165) is 0 Å². The summed E-state index contributed by atoms with van der Waals surface area (Å²) in [7, 11) is 4.49. The number of amides is 2. The van der Waals surface area contributed by atoms with Crippen molar-refractivity contribution in [3.63, 3.8) is 0 Å². The molecule has 2 N–H and O–H groups in total. The van der Waals surface area contributed by atoms with Crippen molar-refractivity contribution in [3.8, 4) is 17.2 Å². The summed E-state index contributed by atoms with van der Waals surface area (Å²) in [6.07, 6.45) is 4.07. The number of rotatable bonds is 8. The fraction of sp³-hybridized carbons (Fsp3) is 0.450. The molecule has 1 saturated heterocycles. The Balaban J connectivity index is 1.94. The van der Waals surface area contributed by atoms with Crippen LogP contribution >= 0.6 is 0 Å². The highest BCUT2D eigenvalue weighted by Crippen LogP contribution is 2.38. The molecule has 0 radical (unpaired) electrons. The lowest BCUT2D eigenvalue weighted by molar-refractivity contribution is -0.149. The van der Waals surface area contributed by atoms with Crippen LogP contribution in [-0.4, -0.2) is 63.7 Å². The first-order chi connectivity index (χ1) is 13.9. The number of nitrogens with two attached hydrogens (primary N) is 1. The molecule has 1 heterocycles. The third-order valence-corrected chi connectivity index (χ3v) is 4.61. The van der Waals surface area contributed by atoms with E-state index in [1.54, 1.807) is 12.1 Å². The molecule has 0 aliphatic carbocycles. The van der Waals surface area contributed by atoms with Crippen molar-refractivity contribution in [2.75, 3.05) is 41.0 Å². The molecule has 0 unspecified atom stereocenters. The number of carbonyl (C=O) groups excluding carboxylic acids is 3. The van der Waals surface area contributed by atoms with Gasteiger partial charge in [-0.15, -0.1) is 0 Å². The van der Waals surface area contributed by atoms with Crippen molar-refractivity contribution in [1.82, 2.24) is 4.90 Å². The van der Waals surface area contributed by atoms with Crippen molar-refractivity contribution >= 4 is 23.9 Å². The van der Waals surface area contributed by atoms with Gasteiger partial charge in [0.2, 0.25) is 11.7 Å². The summed E-state index contributed by atoms with van der Waals surface area (Å²) < 4.78 is 20.8. The molecule has 2 amide bonds. The summed E-state index contributed by atoms with van der Waals surface area (Å²) in [4.78, 5) is 37.0. The minimum atomic E-state index is -0.671. The molecular weight excluding hydrogens is 380 g/mol. The fourth-order valence-corrected chi connectivity index (χ4v) is 3.07. The van der Waals surface area contributed by atoms with E-state index < -0.39 is 18.5 Å². The van der Waals surface area contributed by atoms with E-state index in [4.69, 9.17) is 24.7 Å². The first-order valence-electron chi connectivity index (χ1n) is 9.11. The van der Waals surface area contributed by atoms with Gasteiger partial charge in [0, 0.05) is 19.2 Å². The lowest BCUT2D eigenvalue weighted by Crippen LogP contribution is -2.45. The summed E-state index contributed by atoms with van der Waals surface area (Å²) in [6.45, 7) is 0.373. The van der Waals surface area contributed by atoms with Crippen molar-refractivity contribution in [3.05, 3.63) is 23.8 Å². The van der Waals surface area contributed by atoms with E-state index >= 15 is 0 Å². The SMILES string of the molecule is COc1cc(/C=C/C(=O)OCC(=O)N2CCC[C@H](C(N)=O)C2)cc(OC)c1OC. The van der Waals surface area contributed by atoms with Gasteiger partial charge in [-0.05, 0) is 36.6 Å². The zero-order chi connectivity index (χ0) is 21.4. The molecule has 1 atom stereocenters.